The maximum absolute atomic E-state index is 13.1. The van der Waals surface area contributed by atoms with Crippen LogP contribution < -0.4 is 5.56 Å². The smallest absolute Gasteiger partial charge is 0.265 e. The van der Waals surface area contributed by atoms with Crippen LogP contribution in [0.3, 0.4) is 0 Å². The van der Waals surface area contributed by atoms with E-state index in [2.05, 4.69) is 15.1 Å². The van der Waals surface area contributed by atoms with Crippen molar-refractivity contribution in [1.29, 1.82) is 0 Å². The quantitative estimate of drug-likeness (QED) is 0.507. The zero-order valence-electron chi connectivity index (χ0n) is 12.2. The SMILES string of the molecule is Cc1nc2ccccc2c2nc(=O)c(-c3ccc(F)cc3)nn12. The first-order valence-corrected chi connectivity index (χ1v) is 7.06. The van der Waals surface area contributed by atoms with Gasteiger partial charge in [-0.15, -0.1) is 0 Å². The minimum Gasteiger partial charge on any atom is -0.265 e. The third kappa shape index (κ3) is 2.15. The summed E-state index contributed by atoms with van der Waals surface area (Å²) in [7, 11) is 0. The number of fused-ring (bicyclic) bond motifs is 3. The Hall–Kier alpha value is -3.15. The molecule has 0 saturated carbocycles. The van der Waals surface area contributed by atoms with E-state index in [1.807, 2.05) is 24.3 Å². The molecule has 0 saturated heterocycles. The van der Waals surface area contributed by atoms with E-state index in [9.17, 15) is 9.18 Å². The van der Waals surface area contributed by atoms with Crippen molar-refractivity contribution in [1.82, 2.24) is 19.6 Å². The summed E-state index contributed by atoms with van der Waals surface area (Å²) in [5, 5.41) is 5.14. The topological polar surface area (TPSA) is 60.2 Å². The van der Waals surface area contributed by atoms with E-state index in [0.717, 1.165) is 10.9 Å². The Morgan fingerprint density at radius 2 is 1.74 bits per heavy atom. The van der Waals surface area contributed by atoms with Gasteiger partial charge in [-0.1, -0.05) is 12.1 Å². The lowest BCUT2D eigenvalue weighted by Crippen LogP contribution is -2.18. The molecule has 4 aromatic rings. The highest BCUT2D eigenvalue weighted by Gasteiger charge is 2.12. The molecule has 0 N–H and O–H groups in total. The molecule has 5 nitrogen and oxygen atoms in total. The molecule has 2 aromatic heterocycles. The molecule has 0 aliphatic carbocycles. The van der Waals surface area contributed by atoms with E-state index in [0.29, 0.717) is 17.0 Å². The van der Waals surface area contributed by atoms with E-state index >= 15 is 0 Å². The molecule has 0 bridgehead atoms. The Bertz CT molecular complexity index is 1100. The van der Waals surface area contributed by atoms with Gasteiger partial charge in [0.15, 0.2) is 11.3 Å². The van der Waals surface area contributed by atoms with Gasteiger partial charge in [-0.2, -0.15) is 14.6 Å². The Morgan fingerprint density at radius 1 is 1.00 bits per heavy atom. The monoisotopic (exact) mass is 306 g/mol. The molecule has 112 valence electrons. The summed E-state index contributed by atoms with van der Waals surface area (Å²) in [6, 6.07) is 13.1. The van der Waals surface area contributed by atoms with Gasteiger partial charge < -0.3 is 0 Å². The van der Waals surface area contributed by atoms with Crippen molar-refractivity contribution in [2.75, 3.05) is 0 Å². The molecular weight excluding hydrogens is 295 g/mol. The summed E-state index contributed by atoms with van der Waals surface area (Å²) in [5.74, 6) is 0.251. The Balaban J connectivity index is 2.08. The number of aromatic nitrogens is 4. The lowest BCUT2D eigenvalue weighted by molar-refractivity contribution is 0.628. The first-order valence-electron chi connectivity index (χ1n) is 7.06. The molecule has 2 heterocycles. The normalized spacial score (nSPS) is 11.2. The van der Waals surface area contributed by atoms with Gasteiger partial charge in [0.05, 0.1) is 5.52 Å². The molecule has 0 radical (unpaired) electrons. The van der Waals surface area contributed by atoms with Crippen LogP contribution in [0.5, 0.6) is 0 Å². The van der Waals surface area contributed by atoms with Crippen LogP contribution in [0.2, 0.25) is 0 Å². The molecule has 0 amide bonds. The number of hydrogen-bond donors (Lipinski definition) is 0. The third-order valence-electron chi connectivity index (χ3n) is 3.66. The minimum absolute atomic E-state index is 0.169. The Labute approximate surface area is 130 Å². The van der Waals surface area contributed by atoms with Gasteiger partial charge in [-0.3, -0.25) is 4.79 Å². The largest absolute Gasteiger partial charge is 0.300 e. The fraction of sp³-hybridized carbons (Fsp3) is 0.0588. The van der Waals surface area contributed by atoms with Gasteiger partial charge in [-0.25, -0.2) is 9.37 Å². The first-order chi connectivity index (χ1) is 11.1. The highest BCUT2D eigenvalue weighted by Crippen LogP contribution is 2.18. The zero-order valence-corrected chi connectivity index (χ0v) is 12.2. The number of benzene rings is 2. The van der Waals surface area contributed by atoms with Crippen LogP contribution in [0, 0.1) is 12.7 Å². The summed E-state index contributed by atoms with van der Waals surface area (Å²) in [4.78, 5) is 21.0. The fourth-order valence-corrected chi connectivity index (χ4v) is 2.56. The molecule has 4 rings (SSSR count). The van der Waals surface area contributed by atoms with Gasteiger partial charge in [0, 0.05) is 10.9 Å². The Kier molecular flexibility index (Phi) is 2.90. The summed E-state index contributed by atoms with van der Waals surface area (Å²) in [5.41, 5.74) is 1.46. The van der Waals surface area contributed by atoms with E-state index in [1.165, 1.54) is 24.3 Å². The van der Waals surface area contributed by atoms with E-state index < -0.39 is 5.56 Å². The van der Waals surface area contributed by atoms with E-state index in [4.69, 9.17) is 0 Å². The fourth-order valence-electron chi connectivity index (χ4n) is 2.56. The molecule has 0 atom stereocenters. The molecule has 23 heavy (non-hydrogen) atoms. The summed E-state index contributed by atoms with van der Waals surface area (Å²) in [6.07, 6.45) is 0. The second kappa shape index (κ2) is 4.95. The van der Waals surface area contributed by atoms with Crippen molar-refractivity contribution in [2.24, 2.45) is 0 Å². The molecule has 6 heteroatoms. The average molecular weight is 306 g/mol. The van der Waals surface area contributed by atoms with Crippen molar-refractivity contribution >= 4 is 16.6 Å². The van der Waals surface area contributed by atoms with Gasteiger partial charge in [0.25, 0.3) is 5.56 Å². The van der Waals surface area contributed by atoms with Crippen LogP contribution in [0.25, 0.3) is 27.8 Å². The van der Waals surface area contributed by atoms with Gasteiger partial charge >= 0.3 is 0 Å². The van der Waals surface area contributed by atoms with Gasteiger partial charge in [-0.05, 0) is 43.3 Å². The molecule has 0 aliphatic heterocycles. The van der Waals surface area contributed by atoms with Crippen molar-refractivity contribution in [2.45, 2.75) is 6.92 Å². The van der Waals surface area contributed by atoms with Crippen LogP contribution in [-0.2, 0) is 0 Å². The second-order valence-corrected chi connectivity index (χ2v) is 5.18. The van der Waals surface area contributed by atoms with Crippen molar-refractivity contribution in [3.63, 3.8) is 0 Å². The number of para-hydroxylation sites is 1. The minimum atomic E-state index is -0.452. The predicted octanol–water partition coefficient (Wildman–Crippen LogP) is 2.75. The molecule has 2 aromatic carbocycles. The lowest BCUT2D eigenvalue weighted by Gasteiger charge is -2.08. The second-order valence-electron chi connectivity index (χ2n) is 5.18. The predicted molar refractivity (Wildman–Crippen MR) is 84.7 cm³/mol. The number of rotatable bonds is 1. The number of aryl methyl sites for hydroxylation is 1. The standard InChI is InChI=1S/C17H11FN4O/c1-10-19-14-5-3-2-4-13(14)16-20-17(23)15(21-22(10)16)11-6-8-12(18)9-7-11/h2-9H,1H3. The third-order valence-corrected chi connectivity index (χ3v) is 3.66. The van der Waals surface area contributed by atoms with Crippen molar-refractivity contribution in [3.8, 4) is 11.3 Å². The maximum Gasteiger partial charge on any atom is 0.300 e. The molecule has 0 aliphatic rings. The molecule has 0 fully saturated rings. The van der Waals surface area contributed by atoms with Gasteiger partial charge in [0.2, 0.25) is 0 Å². The van der Waals surface area contributed by atoms with Crippen LogP contribution in [0.1, 0.15) is 5.82 Å². The summed E-state index contributed by atoms with van der Waals surface area (Å²) in [6.45, 7) is 1.80. The van der Waals surface area contributed by atoms with Crippen LogP contribution in [0.15, 0.2) is 53.3 Å². The van der Waals surface area contributed by atoms with Crippen LogP contribution in [-0.4, -0.2) is 19.6 Å². The Morgan fingerprint density at radius 3 is 2.52 bits per heavy atom. The summed E-state index contributed by atoms with van der Waals surface area (Å²) >= 11 is 0. The highest BCUT2D eigenvalue weighted by molar-refractivity contribution is 5.91. The highest BCUT2D eigenvalue weighted by atomic mass is 19.1. The van der Waals surface area contributed by atoms with E-state index in [-0.39, 0.29) is 11.5 Å². The number of halogens is 1. The van der Waals surface area contributed by atoms with Crippen molar-refractivity contribution < 1.29 is 4.39 Å². The van der Waals surface area contributed by atoms with E-state index in [1.54, 1.807) is 11.4 Å². The molecular formula is C17H11FN4O. The van der Waals surface area contributed by atoms with Crippen LogP contribution >= 0.6 is 0 Å². The lowest BCUT2D eigenvalue weighted by atomic mass is 10.1. The summed E-state index contributed by atoms with van der Waals surface area (Å²) < 4.78 is 14.6. The number of nitrogens with zero attached hydrogens (tertiary/aromatic N) is 4. The van der Waals surface area contributed by atoms with Gasteiger partial charge in [0.1, 0.15) is 11.6 Å². The number of hydrogen-bond acceptors (Lipinski definition) is 4. The average Bonchev–Trinajstić information content (AvgIpc) is 2.55. The van der Waals surface area contributed by atoms with Crippen molar-refractivity contribution in [3.05, 3.63) is 70.5 Å². The molecule has 0 spiro atoms. The molecule has 0 unspecified atom stereocenters. The first kappa shape index (κ1) is 13.5. The maximum atomic E-state index is 13.1. The zero-order chi connectivity index (χ0) is 16.0. The van der Waals surface area contributed by atoms with Crippen LogP contribution in [0.4, 0.5) is 4.39 Å².